The molecule has 0 radical (unpaired) electrons. The second kappa shape index (κ2) is 6.24. The average molecular weight is 311 g/mol. The molecule has 2 rings (SSSR count). The first-order chi connectivity index (χ1) is 9.06. The molecule has 98 valence electrons. The molecule has 0 saturated heterocycles. The van der Waals surface area contributed by atoms with E-state index in [1.54, 1.807) is 6.07 Å². The van der Waals surface area contributed by atoms with Crippen molar-refractivity contribution >= 4 is 51.9 Å². The molecule has 0 aromatic heterocycles. The van der Waals surface area contributed by atoms with Crippen molar-refractivity contribution in [2.45, 2.75) is 6.92 Å². The summed E-state index contributed by atoms with van der Waals surface area (Å²) in [5, 5.41) is 8.04. The second-order valence-electron chi connectivity index (χ2n) is 4.00. The highest BCUT2D eigenvalue weighted by atomic mass is 35.5. The van der Waals surface area contributed by atoms with E-state index in [0.29, 0.717) is 15.2 Å². The molecule has 0 bridgehead atoms. The smallest absolute Gasteiger partial charge is 0.175 e. The van der Waals surface area contributed by atoms with Crippen LogP contribution in [0.1, 0.15) is 5.56 Å². The average Bonchev–Trinajstić information content (AvgIpc) is 2.35. The van der Waals surface area contributed by atoms with E-state index in [1.165, 1.54) is 0 Å². The molecule has 0 fully saturated rings. The molecule has 0 amide bonds. The zero-order valence-corrected chi connectivity index (χ0v) is 12.5. The van der Waals surface area contributed by atoms with Crippen LogP contribution >= 0.6 is 35.4 Å². The maximum Gasteiger partial charge on any atom is 0.175 e. The summed E-state index contributed by atoms with van der Waals surface area (Å²) in [6.07, 6.45) is 0. The lowest BCUT2D eigenvalue weighted by Gasteiger charge is -2.13. The highest BCUT2D eigenvalue weighted by Crippen LogP contribution is 2.23. The summed E-state index contributed by atoms with van der Waals surface area (Å²) in [6, 6.07) is 13.0. The monoisotopic (exact) mass is 310 g/mol. The summed E-state index contributed by atoms with van der Waals surface area (Å²) >= 11 is 17.2. The first-order valence-corrected chi connectivity index (χ1v) is 6.81. The van der Waals surface area contributed by atoms with Gasteiger partial charge in [-0.05, 0) is 55.0 Å². The molecule has 0 aliphatic rings. The van der Waals surface area contributed by atoms with Crippen molar-refractivity contribution in [3.05, 3.63) is 58.1 Å². The summed E-state index contributed by atoms with van der Waals surface area (Å²) < 4.78 is 0. The van der Waals surface area contributed by atoms with E-state index in [2.05, 4.69) is 10.6 Å². The highest BCUT2D eigenvalue weighted by Gasteiger charge is 2.04. The summed E-state index contributed by atoms with van der Waals surface area (Å²) in [4.78, 5) is 0. The van der Waals surface area contributed by atoms with Crippen LogP contribution in [0.3, 0.4) is 0 Å². The van der Waals surface area contributed by atoms with Crippen molar-refractivity contribution in [1.29, 1.82) is 0 Å². The van der Waals surface area contributed by atoms with Gasteiger partial charge in [0.25, 0.3) is 0 Å². The largest absolute Gasteiger partial charge is 0.332 e. The van der Waals surface area contributed by atoms with Crippen molar-refractivity contribution in [1.82, 2.24) is 0 Å². The van der Waals surface area contributed by atoms with E-state index < -0.39 is 0 Å². The summed E-state index contributed by atoms with van der Waals surface area (Å²) in [5.74, 6) is 0. The third kappa shape index (κ3) is 3.83. The van der Waals surface area contributed by atoms with Gasteiger partial charge in [-0.3, -0.25) is 0 Å². The maximum absolute atomic E-state index is 6.06. The van der Waals surface area contributed by atoms with Gasteiger partial charge in [-0.1, -0.05) is 35.3 Å². The lowest BCUT2D eigenvalue weighted by molar-refractivity contribution is 1.45. The Bertz CT molecular complexity index is 614. The zero-order valence-electron chi connectivity index (χ0n) is 10.2. The number of rotatable bonds is 2. The van der Waals surface area contributed by atoms with Crippen molar-refractivity contribution in [3.63, 3.8) is 0 Å². The van der Waals surface area contributed by atoms with E-state index >= 15 is 0 Å². The van der Waals surface area contributed by atoms with Crippen molar-refractivity contribution < 1.29 is 0 Å². The molecule has 0 unspecified atom stereocenters. The topological polar surface area (TPSA) is 24.1 Å². The van der Waals surface area contributed by atoms with Gasteiger partial charge < -0.3 is 10.6 Å². The minimum atomic E-state index is 0.493. The summed E-state index contributed by atoms with van der Waals surface area (Å²) in [5.41, 5.74) is 2.68. The summed E-state index contributed by atoms with van der Waals surface area (Å²) in [6.45, 7) is 1.94. The van der Waals surface area contributed by atoms with Crippen LogP contribution in [-0.2, 0) is 0 Å². The first-order valence-electron chi connectivity index (χ1n) is 5.65. The number of nitrogens with one attached hydrogen (secondary N) is 2. The minimum Gasteiger partial charge on any atom is -0.332 e. The fourth-order valence-electron chi connectivity index (χ4n) is 1.59. The summed E-state index contributed by atoms with van der Waals surface area (Å²) in [7, 11) is 0. The van der Waals surface area contributed by atoms with Crippen LogP contribution in [0.2, 0.25) is 10.0 Å². The standard InChI is InChI=1S/C14H12Cl2N2S/c1-9-12(16)6-3-7-13(9)18-14(19)17-11-5-2-4-10(15)8-11/h2-8H,1H3,(H2,17,18,19). The predicted molar refractivity (Wildman–Crippen MR) is 87.5 cm³/mol. The maximum atomic E-state index is 6.06. The van der Waals surface area contributed by atoms with Gasteiger partial charge in [-0.2, -0.15) is 0 Å². The molecule has 19 heavy (non-hydrogen) atoms. The van der Waals surface area contributed by atoms with Crippen LogP contribution in [0, 0.1) is 6.92 Å². The Morgan fingerprint density at radius 2 is 1.79 bits per heavy atom. The Morgan fingerprint density at radius 3 is 2.53 bits per heavy atom. The molecule has 2 nitrogen and oxygen atoms in total. The molecule has 2 aromatic rings. The van der Waals surface area contributed by atoms with Crippen molar-refractivity contribution in [2.75, 3.05) is 10.6 Å². The fraction of sp³-hybridized carbons (Fsp3) is 0.0714. The number of hydrogen-bond acceptors (Lipinski definition) is 1. The van der Waals surface area contributed by atoms with Gasteiger partial charge >= 0.3 is 0 Å². The highest BCUT2D eigenvalue weighted by molar-refractivity contribution is 7.80. The van der Waals surface area contributed by atoms with E-state index in [4.69, 9.17) is 35.4 Å². The molecule has 2 N–H and O–H groups in total. The Balaban J connectivity index is 2.08. The lowest BCUT2D eigenvalue weighted by atomic mass is 10.2. The first kappa shape index (κ1) is 14.1. The fourth-order valence-corrected chi connectivity index (χ4v) is 2.19. The molecule has 0 heterocycles. The second-order valence-corrected chi connectivity index (χ2v) is 5.25. The van der Waals surface area contributed by atoms with Gasteiger partial charge in [0.1, 0.15) is 0 Å². The third-order valence-corrected chi connectivity index (χ3v) is 3.45. The molecule has 0 saturated carbocycles. The van der Waals surface area contributed by atoms with E-state index in [-0.39, 0.29) is 0 Å². The van der Waals surface area contributed by atoms with Crippen LogP contribution in [0.25, 0.3) is 0 Å². The van der Waals surface area contributed by atoms with Gasteiger partial charge in [0.15, 0.2) is 5.11 Å². The van der Waals surface area contributed by atoms with Gasteiger partial charge in [0.05, 0.1) is 0 Å². The predicted octanol–water partition coefficient (Wildman–Crippen LogP) is 5.11. The Kier molecular flexibility index (Phi) is 4.64. The van der Waals surface area contributed by atoms with Crippen molar-refractivity contribution in [2.24, 2.45) is 0 Å². The number of benzene rings is 2. The van der Waals surface area contributed by atoms with Crippen LogP contribution in [-0.4, -0.2) is 5.11 Å². The number of halogens is 2. The number of anilines is 2. The van der Waals surface area contributed by atoms with E-state index in [1.807, 2.05) is 43.3 Å². The van der Waals surface area contributed by atoms with E-state index in [0.717, 1.165) is 16.9 Å². The minimum absolute atomic E-state index is 0.493. The third-order valence-electron chi connectivity index (χ3n) is 2.60. The van der Waals surface area contributed by atoms with Crippen LogP contribution in [0.4, 0.5) is 11.4 Å². The molecular formula is C14H12Cl2N2S. The molecule has 0 atom stereocenters. The van der Waals surface area contributed by atoms with Crippen LogP contribution in [0.5, 0.6) is 0 Å². The Labute approximate surface area is 127 Å². The molecule has 5 heteroatoms. The molecule has 0 spiro atoms. The lowest BCUT2D eigenvalue weighted by Crippen LogP contribution is -2.19. The van der Waals surface area contributed by atoms with Gasteiger partial charge in [-0.25, -0.2) is 0 Å². The van der Waals surface area contributed by atoms with Gasteiger partial charge in [0, 0.05) is 21.4 Å². The number of thiocarbonyl (C=S) groups is 1. The number of hydrogen-bond donors (Lipinski definition) is 2. The molecule has 0 aliphatic heterocycles. The van der Waals surface area contributed by atoms with Crippen molar-refractivity contribution in [3.8, 4) is 0 Å². The SMILES string of the molecule is Cc1c(Cl)cccc1NC(=S)Nc1cccc(Cl)c1. The van der Waals surface area contributed by atoms with E-state index in [9.17, 15) is 0 Å². The van der Waals surface area contributed by atoms with Gasteiger partial charge in [0.2, 0.25) is 0 Å². The van der Waals surface area contributed by atoms with Gasteiger partial charge in [-0.15, -0.1) is 0 Å². The Morgan fingerprint density at radius 1 is 1.05 bits per heavy atom. The molecule has 0 aliphatic carbocycles. The van der Waals surface area contributed by atoms with Crippen LogP contribution < -0.4 is 10.6 Å². The molecular weight excluding hydrogens is 299 g/mol. The molecule has 2 aromatic carbocycles. The quantitative estimate of drug-likeness (QED) is 0.754. The normalized spacial score (nSPS) is 10.1. The van der Waals surface area contributed by atoms with Crippen LogP contribution in [0.15, 0.2) is 42.5 Å². The zero-order chi connectivity index (χ0) is 13.8. The Hall–Kier alpha value is -1.29.